The molecule has 2 nitrogen and oxygen atoms in total. The maximum atomic E-state index is 4.18. The fourth-order valence-electron chi connectivity index (χ4n) is 1.14. The van der Waals surface area contributed by atoms with Crippen LogP contribution in [0.1, 0.15) is 25.0 Å². The van der Waals surface area contributed by atoms with E-state index in [0.29, 0.717) is 0 Å². The first-order valence-corrected chi connectivity index (χ1v) is 4.83. The number of rotatable bonds is 4. The average Bonchev–Trinajstić information content (AvgIpc) is 2.25. The molecule has 0 saturated heterocycles. The third-order valence-electron chi connectivity index (χ3n) is 1.94. The van der Waals surface area contributed by atoms with E-state index >= 15 is 0 Å². The van der Waals surface area contributed by atoms with Gasteiger partial charge in [0.15, 0.2) is 0 Å². The summed E-state index contributed by atoms with van der Waals surface area (Å²) in [5.41, 5.74) is 2.49. The third kappa shape index (κ3) is 3.52. The van der Waals surface area contributed by atoms with Gasteiger partial charge in [0.1, 0.15) is 0 Å². The normalized spacial score (nSPS) is 11.6. The van der Waals surface area contributed by atoms with Gasteiger partial charge >= 0.3 is 0 Å². The third-order valence-corrected chi connectivity index (χ3v) is 1.94. The molecule has 0 aliphatic carbocycles. The minimum Gasteiger partial charge on any atom is -0.293 e. The van der Waals surface area contributed by atoms with Crippen LogP contribution in [0, 0.1) is 0 Å². The first-order valence-electron chi connectivity index (χ1n) is 4.83. The number of nitrogens with zero attached hydrogens (tertiary/aromatic N) is 2. The lowest BCUT2D eigenvalue weighted by Gasteiger charge is -1.99. The largest absolute Gasteiger partial charge is 0.293 e. The molecular weight excluding hydrogens is 172 g/mol. The van der Waals surface area contributed by atoms with Gasteiger partial charge in [-0.05, 0) is 37.4 Å². The topological polar surface area (TPSA) is 24.7 Å². The number of hydrogen-bond acceptors (Lipinski definition) is 2. The first kappa shape index (κ1) is 10.6. The molecule has 0 bridgehead atoms. The maximum Gasteiger partial charge on any atom is 0.0635 e. The smallest absolute Gasteiger partial charge is 0.0635 e. The van der Waals surface area contributed by atoms with Crippen molar-refractivity contribution in [3.8, 4) is 0 Å². The van der Waals surface area contributed by atoms with Gasteiger partial charge in [-0.1, -0.05) is 24.3 Å². The Kier molecular flexibility index (Phi) is 4.62. The minimum atomic E-state index is 0.772. The monoisotopic (exact) mass is 188 g/mol. The molecule has 0 aliphatic rings. The van der Waals surface area contributed by atoms with Gasteiger partial charge in [0.2, 0.25) is 0 Å². The predicted octanol–water partition coefficient (Wildman–Crippen LogP) is 2.87. The SMILES string of the molecule is CC=NCc1ccc(CN=CC)cc1. The van der Waals surface area contributed by atoms with Gasteiger partial charge in [-0.2, -0.15) is 0 Å². The van der Waals surface area contributed by atoms with Crippen molar-refractivity contribution in [3.63, 3.8) is 0 Å². The van der Waals surface area contributed by atoms with E-state index in [1.165, 1.54) is 11.1 Å². The second-order valence-electron chi connectivity index (χ2n) is 3.01. The summed E-state index contributed by atoms with van der Waals surface area (Å²) in [4.78, 5) is 8.36. The number of hydrogen-bond donors (Lipinski definition) is 0. The van der Waals surface area contributed by atoms with E-state index in [9.17, 15) is 0 Å². The highest BCUT2D eigenvalue weighted by Crippen LogP contribution is 2.06. The van der Waals surface area contributed by atoms with Gasteiger partial charge in [-0.15, -0.1) is 0 Å². The predicted molar refractivity (Wildman–Crippen MR) is 62.2 cm³/mol. The van der Waals surface area contributed by atoms with Crippen molar-refractivity contribution in [2.75, 3.05) is 0 Å². The van der Waals surface area contributed by atoms with Crippen LogP contribution >= 0.6 is 0 Å². The van der Waals surface area contributed by atoms with E-state index in [-0.39, 0.29) is 0 Å². The molecule has 74 valence electrons. The minimum absolute atomic E-state index is 0.772. The molecule has 0 amide bonds. The summed E-state index contributed by atoms with van der Waals surface area (Å²) in [6.45, 7) is 5.41. The molecule has 1 aromatic rings. The van der Waals surface area contributed by atoms with Crippen molar-refractivity contribution in [1.29, 1.82) is 0 Å². The van der Waals surface area contributed by atoms with Crippen LogP contribution in [0.15, 0.2) is 34.3 Å². The molecule has 0 N–H and O–H groups in total. The van der Waals surface area contributed by atoms with Crippen LogP contribution in [0.5, 0.6) is 0 Å². The fraction of sp³-hybridized carbons (Fsp3) is 0.333. The van der Waals surface area contributed by atoms with Gasteiger partial charge in [-0.25, -0.2) is 0 Å². The summed E-state index contributed by atoms with van der Waals surface area (Å²) in [7, 11) is 0. The molecule has 0 aromatic heterocycles. The highest BCUT2D eigenvalue weighted by atomic mass is 14.7. The van der Waals surface area contributed by atoms with Crippen molar-refractivity contribution < 1.29 is 0 Å². The summed E-state index contributed by atoms with van der Waals surface area (Å²) in [6.07, 6.45) is 3.66. The van der Waals surface area contributed by atoms with Crippen molar-refractivity contribution in [2.24, 2.45) is 9.98 Å². The van der Waals surface area contributed by atoms with E-state index in [4.69, 9.17) is 0 Å². The van der Waals surface area contributed by atoms with Crippen molar-refractivity contribution in [3.05, 3.63) is 35.4 Å². The Hall–Kier alpha value is -1.44. The zero-order valence-electron chi connectivity index (χ0n) is 8.77. The van der Waals surface area contributed by atoms with E-state index in [0.717, 1.165) is 13.1 Å². The Morgan fingerprint density at radius 2 is 1.21 bits per heavy atom. The summed E-state index contributed by atoms with van der Waals surface area (Å²) < 4.78 is 0. The second-order valence-corrected chi connectivity index (χ2v) is 3.01. The molecule has 0 spiro atoms. The Bertz CT molecular complexity index is 277. The molecule has 14 heavy (non-hydrogen) atoms. The maximum absolute atomic E-state index is 4.18. The lowest BCUT2D eigenvalue weighted by Crippen LogP contribution is -1.85. The Labute approximate surface area is 85.4 Å². The molecule has 0 unspecified atom stereocenters. The van der Waals surface area contributed by atoms with Crippen LogP contribution in [0.3, 0.4) is 0 Å². The van der Waals surface area contributed by atoms with Crippen LogP contribution in [0.25, 0.3) is 0 Å². The quantitative estimate of drug-likeness (QED) is 0.649. The number of benzene rings is 1. The van der Waals surface area contributed by atoms with Crippen molar-refractivity contribution in [2.45, 2.75) is 26.9 Å². The molecule has 2 heteroatoms. The van der Waals surface area contributed by atoms with Crippen molar-refractivity contribution in [1.82, 2.24) is 0 Å². The van der Waals surface area contributed by atoms with E-state index in [1.54, 1.807) is 0 Å². The van der Waals surface area contributed by atoms with Gasteiger partial charge in [-0.3, -0.25) is 9.98 Å². The summed E-state index contributed by atoms with van der Waals surface area (Å²) in [5.74, 6) is 0. The van der Waals surface area contributed by atoms with Crippen molar-refractivity contribution >= 4 is 12.4 Å². The molecular formula is C12H16N2. The van der Waals surface area contributed by atoms with Gasteiger partial charge in [0.25, 0.3) is 0 Å². The van der Waals surface area contributed by atoms with E-state index < -0.39 is 0 Å². The molecule has 0 saturated carbocycles. The Morgan fingerprint density at radius 1 is 0.857 bits per heavy atom. The molecule has 0 radical (unpaired) electrons. The highest BCUT2D eigenvalue weighted by Gasteiger charge is 1.91. The van der Waals surface area contributed by atoms with E-state index in [2.05, 4.69) is 34.3 Å². The second kappa shape index (κ2) is 6.08. The summed E-state index contributed by atoms with van der Waals surface area (Å²) in [6, 6.07) is 8.42. The fourth-order valence-corrected chi connectivity index (χ4v) is 1.14. The van der Waals surface area contributed by atoms with Gasteiger partial charge < -0.3 is 0 Å². The summed E-state index contributed by atoms with van der Waals surface area (Å²) >= 11 is 0. The average molecular weight is 188 g/mol. The lowest BCUT2D eigenvalue weighted by atomic mass is 10.1. The first-order chi connectivity index (χ1) is 6.86. The Balaban J connectivity index is 2.58. The highest BCUT2D eigenvalue weighted by molar-refractivity contribution is 5.53. The van der Waals surface area contributed by atoms with Crippen LogP contribution in [0.4, 0.5) is 0 Å². The van der Waals surface area contributed by atoms with Crippen LogP contribution in [-0.4, -0.2) is 12.4 Å². The van der Waals surface area contributed by atoms with Crippen LogP contribution < -0.4 is 0 Å². The van der Waals surface area contributed by atoms with Crippen LogP contribution in [0.2, 0.25) is 0 Å². The molecule has 1 aromatic carbocycles. The van der Waals surface area contributed by atoms with Gasteiger partial charge in [0, 0.05) is 0 Å². The molecule has 0 heterocycles. The zero-order valence-corrected chi connectivity index (χ0v) is 8.77. The zero-order chi connectivity index (χ0) is 10.2. The standard InChI is InChI=1S/C12H16N2/c1-3-13-9-11-5-7-12(8-6-11)10-14-4-2/h3-8H,9-10H2,1-2H3. The molecule has 1 rings (SSSR count). The van der Waals surface area contributed by atoms with Gasteiger partial charge in [0.05, 0.1) is 13.1 Å². The van der Waals surface area contributed by atoms with Crippen LogP contribution in [-0.2, 0) is 13.1 Å². The molecule has 0 fully saturated rings. The lowest BCUT2D eigenvalue weighted by molar-refractivity contribution is 1.04. The summed E-state index contributed by atoms with van der Waals surface area (Å²) in [5, 5.41) is 0. The van der Waals surface area contributed by atoms with E-state index in [1.807, 2.05) is 26.3 Å². The Morgan fingerprint density at radius 3 is 1.50 bits per heavy atom. The molecule has 0 atom stereocenters. The molecule has 0 aliphatic heterocycles. The number of aliphatic imine (C=N–C) groups is 2.